The van der Waals surface area contributed by atoms with Gasteiger partial charge in [-0.3, -0.25) is 14.4 Å². The molecular formula is C29H38O10. The molecule has 10 heteroatoms. The summed E-state index contributed by atoms with van der Waals surface area (Å²) in [5.41, 5.74) is -3.98. The van der Waals surface area contributed by atoms with Crippen LogP contribution in [0.25, 0.3) is 0 Å². The Balaban J connectivity index is 1.53. The van der Waals surface area contributed by atoms with Crippen molar-refractivity contribution in [2.45, 2.75) is 83.6 Å². The van der Waals surface area contributed by atoms with E-state index in [1.807, 2.05) is 6.92 Å². The molecule has 0 spiro atoms. The van der Waals surface area contributed by atoms with Crippen molar-refractivity contribution < 1.29 is 48.3 Å². The monoisotopic (exact) mass is 546 g/mol. The predicted octanol–water partition coefficient (Wildman–Crippen LogP) is 1.60. The van der Waals surface area contributed by atoms with Gasteiger partial charge in [0.05, 0.1) is 36.8 Å². The molecule has 1 aliphatic heterocycles. The number of ether oxygens (including phenoxy) is 3. The van der Waals surface area contributed by atoms with Crippen LogP contribution in [0.2, 0.25) is 0 Å². The number of rotatable bonds is 3. The zero-order valence-electron chi connectivity index (χ0n) is 23.0. The Morgan fingerprint density at radius 1 is 1.03 bits per heavy atom. The third-order valence-electron chi connectivity index (χ3n) is 11.8. The van der Waals surface area contributed by atoms with Gasteiger partial charge < -0.3 is 33.9 Å². The Bertz CT molecular complexity index is 1200. The molecule has 3 N–H and O–H groups in total. The van der Waals surface area contributed by atoms with Gasteiger partial charge in [-0.1, -0.05) is 20.8 Å². The van der Waals surface area contributed by atoms with Gasteiger partial charge in [0.25, 0.3) is 0 Å². The average Bonchev–Trinajstić information content (AvgIpc) is 3.49. The molecule has 214 valence electrons. The molecule has 5 aliphatic rings. The maximum atomic E-state index is 14.5. The smallest absolute Gasteiger partial charge is 0.302 e. The lowest BCUT2D eigenvalue weighted by atomic mass is 9.33. The van der Waals surface area contributed by atoms with Crippen LogP contribution >= 0.6 is 0 Å². The van der Waals surface area contributed by atoms with E-state index in [-0.39, 0.29) is 31.7 Å². The second kappa shape index (κ2) is 8.45. The number of aliphatic hydroxyl groups excluding tert-OH is 3. The molecule has 39 heavy (non-hydrogen) atoms. The van der Waals surface area contributed by atoms with Crippen LogP contribution in [0.15, 0.2) is 23.0 Å². The van der Waals surface area contributed by atoms with Crippen LogP contribution in [0.1, 0.15) is 58.4 Å². The molecule has 1 aromatic rings. The quantitative estimate of drug-likeness (QED) is 0.477. The van der Waals surface area contributed by atoms with E-state index in [0.29, 0.717) is 0 Å². The number of methoxy groups -OCH3 is 1. The number of hydrogen-bond acceptors (Lipinski definition) is 10. The van der Waals surface area contributed by atoms with Gasteiger partial charge in [0, 0.05) is 60.9 Å². The van der Waals surface area contributed by atoms with E-state index >= 15 is 0 Å². The Morgan fingerprint density at radius 2 is 1.74 bits per heavy atom. The van der Waals surface area contributed by atoms with Crippen molar-refractivity contribution >= 4 is 17.5 Å². The summed E-state index contributed by atoms with van der Waals surface area (Å²) in [7, 11) is 1.48. The van der Waals surface area contributed by atoms with Crippen LogP contribution in [0.3, 0.4) is 0 Å². The topological polar surface area (TPSA) is 153 Å². The van der Waals surface area contributed by atoms with Crippen molar-refractivity contribution in [3.05, 3.63) is 24.2 Å². The number of furan rings is 1. The van der Waals surface area contributed by atoms with Crippen LogP contribution in [-0.2, 0) is 28.6 Å². The maximum absolute atomic E-state index is 14.5. The van der Waals surface area contributed by atoms with Crippen molar-refractivity contribution in [2.75, 3.05) is 13.7 Å². The number of ketones is 2. The van der Waals surface area contributed by atoms with E-state index in [2.05, 4.69) is 0 Å². The first-order valence-corrected chi connectivity index (χ1v) is 13.7. The van der Waals surface area contributed by atoms with Crippen LogP contribution in [0.4, 0.5) is 0 Å². The lowest BCUT2D eigenvalue weighted by Gasteiger charge is -2.73. The second-order valence-corrected chi connectivity index (χ2v) is 13.2. The molecule has 2 heterocycles. The number of fused-ring (bicyclic) bond motifs is 3. The predicted molar refractivity (Wildman–Crippen MR) is 133 cm³/mol. The highest BCUT2D eigenvalue weighted by atomic mass is 16.7. The Morgan fingerprint density at radius 3 is 2.36 bits per heavy atom. The summed E-state index contributed by atoms with van der Waals surface area (Å²) < 4.78 is 22.9. The van der Waals surface area contributed by atoms with Crippen LogP contribution in [0.5, 0.6) is 0 Å². The van der Waals surface area contributed by atoms with Crippen molar-refractivity contribution in [3.63, 3.8) is 0 Å². The first kappa shape index (κ1) is 27.1. The van der Waals surface area contributed by atoms with E-state index in [0.717, 1.165) is 5.56 Å². The Hall–Kier alpha value is -2.11. The van der Waals surface area contributed by atoms with Gasteiger partial charge in [0.2, 0.25) is 0 Å². The van der Waals surface area contributed by atoms with Gasteiger partial charge in [-0.05, 0) is 24.0 Å². The van der Waals surface area contributed by atoms with Crippen LogP contribution in [0, 0.1) is 39.4 Å². The van der Waals surface area contributed by atoms with Crippen molar-refractivity contribution in [3.8, 4) is 0 Å². The van der Waals surface area contributed by atoms with Gasteiger partial charge >= 0.3 is 5.97 Å². The summed E-state index contributed by atoms with van der Waals surface area (Å²) in [5, 5.41) is 35.7. The molecule has 1 aromatic heterocycles. The fraction of sp³-hybridized carbons (Fsp3) is 0.759. The van der Waals surface area contributed by atoms with Gasteiger partial charge in [0.1, 0.15) is 18.0 Å². The van der Waals surface area contributed by atoms with E-state index < -0.39 is 87.8 Å². The van der Waals surface area contributed by atoms with Gasteiger partial charge in [0.15, 0.2) is 12.1 Å². The molecule has 0 aromatic carbocycles. The molecule has 10 nitrogen and oxygen atoms in total. The fourth-order valence-electron chi connectivity index (χ4n) is 10.3. The number of carbonyl (C=O) groups excluding carboxylic acids is 3. The highest BCUT2D eigenvalue weighted by Gasteiger charge is 2.81. The fourth-order valence-corrected chi connectivity index (χ4v) is 10.3. The maximum Gasteiger partial charge on any atom is 0.302 e. The summed E-state index contributed by atoms with van der Waals surface area (Å²) in [6.45, 7) is 6.60. The standard InChI is InChI=1S/C29H38O10/c1-13(30)39-20-10-19(33)29-12-38-25(36-5)27(20,3)17(29)9-18(32)28(4)22-16(31)8-15(14-6-7-37-11-14)26(22,2)24(35)21(34)23(28)29/h6-7,11,15,17-20,22-25,32-33,35H,8-10,12H2,1-5H3/t15-,17-,18+,19-,20+,22+,23-,24-,25?,26-,27+,28-,29+/m0/s1. The van der Waals surface area contributed by atoms with Crippen LogP contribution < -0.4 is 0 Å². The minimum absolute atomic E-state index is 0.0371. The Labute approximate surface area is 227 Å². The zero-order chi connectivity index (χ0) is 28.3. The van der Waals surface area contributed by atoms with E-state index in [9.17, 15) is 29.7 Å². The largest absolute Gasteiger partial charge is 0.472 e. The molecular weight excluding hydrogens is 508 g/mol. The SMILES string of the molecule is COC1OC[C@]23[C@@H](O)C[C@@H](OC(C)=O)[C@@]1(C)[C@@H]2C[C@@H](O)[C@@]1(C)[C@@H]2C(=O)C[C@@H](c4ccoc4)[C@]2(C)[C@@H](O)C(=O)[C@@H]13. The molecule has 0 radical (unpaired) electrons. The summed E-state index contributed by atoms with van der Waals surface area (Å²) >= 11 is 0. The molecule has 1 unspecified atom stereocenters. The van der Waals surface area contributed by atoms with Crippen molar-refractivity contribution in [1.29, 1.82) is 0 Å². The first-order chi connectivity index (χ1) is 18.3. The lowest BCUT2D eigenvalue weighted by molar-refractivity contribution is -0.375. The summed E-state index contributed by atoms with van der Waals surface area (Å²) in [5.74, 6) is -4.12. The number of aliphatic hydroxyl groups is 3. The van der Waals surface area contributed by atoms with Crippen LogP contribution in [-0.4, -0.2) is 77.3 Å². The first-order valence-electron chi connectivity index (χ1n) is 13.7. The lowest BCUT2D eigenvalue weighted by Crippen LogP contribution is -2.80. The van der Waals surface area contributed by atoms with E-state index in [1.54, 1.807) is 19.9 Å². The molecule has 2 bridgehead atoms. The summed E-state index contributed by atoms with van der Waals surface area (Å²) in [6.07, 6.45) is -2.09. The minimum atomic E-state index is -1.52. The molecule has 1 saturated heterocycles. The molecule has 6 rings (SSSR count). The van der Waals surface area contributed by atoms with E-state index in [1.165, 1.54) is 26.6 Å². The number of hydrogen-bond donors (Lipinski definition) is 3. The number of esters is 1. The Kier molecular flexibility index (Phi) is 5.87. The number of Topliss-reactive ketones (excluding diaryl/α,β-unsaturated/α-hetero) is 2. The van der Waals surface area contributed by atoms with Crippen molar-refractivity contribution in [2.24, 2.45) is 39.4 Å². The molecule has 4 aliphatic carbocycles. The zero-order valence-corrected chi connectivity index (χ0v) is 23.0. The van der Waals surface area contributed by atoms with Gasteiger partial charge in [-0.15, -0.1) is 0 Å². The highest BCUT2D eigenvalue weighted by molar-refractivity contribution is 5.96. The highest BCUT2D eigenvalue weighted by Crippen LogP contribution is 2.75. The molecule has 0 amide bonds. The summed E-state index contributed by atoms with van der Waals surface area (Å²) in [4.78, 5) is 40.5. The van der Waals surface area contributed by atoms with Gasteiger partial charge in [-0.2, -0.15) is 0 Å². The number of carbonyl (C=O) groups is 3. The van der Waals surface area contributed by atoms with Gasteiger partial charge in [-0.25, -0.2) is 0 Å². The van der Waals surface area contributed by atoms with Crippen molar-refractivity contribution in [1.82, 2.24) is 0 Å². The summed E-state index contributed by atoms with van der Waals surface area (Å²) in [6, 6.07) is 1.74. The minimum Gasteiger partial charge on any atom is -0.472 e. The normalized spacial score (nSPS) is 52.6. The van der Waals surface area contributed by atoms with E-state index in [4.69, 9.17) is 18.6 Å². The third-order valence-corrected chi connectivity index (χ3v) is 11.8. The molecule has 5 fully saturated rings. The molecule has 13 atom stereocenters. The molecule has 4 saturated carbocycles. The average molecular weight is 547 g/mol. The third kappa shape index (κ3) is 3.02. The second-order valence-electron chi connectivity index (χ2n) is 13.2.